The van der Waals surface area contributed by atoms with Crippen molar-refractivity contribution >= 4 is 5.91 Å². The van der Waals surface area contributed by atoms with E-state index in [1.807, 2.05) is 0 Å². The molecule has 1 fully saturated rings. The molecule has 6 heteroatoms. The zero-order chi connectivity index (χ0) is 14.7. The average molecular weight is 288 g/mol. The van der Waals surface area contributed by atoms with Gasteiger partial charge in [-0.3, -0.25) is 9.89 Å². The van der Waals surface area contributed by atoms with Crippen molar-refractivity contribution in [2.24, 2.45) is 0 Å². The zero-order valence-corrected chi connectivity index (χ0v) is 11.5. The Morgan fingerprint density at radius 1 is 1.33 bits per heavy atom. The van der Waals surface area contributed by atoms with E-state index < -0.39 is 0 Å². The van der Waals surface area contributed by atoms with Gasteiger partial charge in [0.15, 0.2) is 0 Å². The zero-order valence-electron chi connectivity index (χ0n) is 11.5. The van der Waals surface area contributed by atoms with E-state index in [-0.39, 0.29) is 17.8 Å². The fourth-order valence-corrected chi connectivity index (χ4v) is 2.53. The third kappa shape index (κ3) is 3.11. The van der Waals surface area contributed by atoms with Gasteiger partial charge in [0.1, 0.15) is 5.82 Å². The molecule has 1 aliphatic heterocycles. The Balaban J connectivity index is 1.78. The fraction of sp³-hybridized carbons (Fsp3) is 0.333. The average Bonchev–Trinajstić information content (AvgIpc) is 2.98. The molecule has 2 aromatic rings. The van der Waals surface area contributed by atoms with Crippen LogP contribution in [0.15, 0.2) is 30.5 Å². The molecule has 3 rings (SSSR count). The van der Waals surface area contributed by atoms with Crippen LogP contribution in [-0.4, -0.2) is 35.2 Å². The number of aromatic amines is 1. The molecule has 0 aliphatic carbocycles. The van der Waals surface area contributed by atoms with E-state index in [4.69, 9.17) is 0 Å². The van der Waals surface area contributed by atoms with Crippen molar-refractivity contribution in [2.45, 2.75) is 18.9 Å². The van der Waals surface area contributed by atoms with Gasteiger partial charge in [0.2, 0.25) is 0 Å². The first-order chi connectivity index (χ1) is 10.2. The number of nitrogens with one attached hydrogen (secondary N) is 3. The lowest BCUT2D eigenvalue weighted by atomic mass is 10.1. The van der Waals surface area contributed by atoms with Gasteiger partial charge in [0, 0.05) is 18.2 Å². The van der Waals surface area contributed by atoms with E-state index in [0.717, 1.165) is 31.5 Å². The SMILES string of the molecule is O=C(NC1CCCNC1)c1cn[nH]c1-c1ccc(F)cc1. The van der Waals surface area contributed by atoms with Crippen molar-refractivity contribution in [3.63, 3.8) is 0 Å². The van der Waals surface area contributed by atoms with Crippen molar-refractivity contribution < 1.29 is 9.18 Å². The van der Waals surface area contributed by atoms with Crippen LogP contribution in [0.2, 0.25) is 0 Å². The summed E-state index contributed by atoms with van der Waals surface area (Å²) in [5.41, 5.74) is 1.82. The molecule has 110 valence electrons. The monoisotopic (exact) mass is 288 g/mol. The van der Waals surface area contributed by atoms with Gasteiger partial charge in [-0.05, 0) is 43.7 Å². The minimum absolute atomic E-state index is 0.141. The highest BCUT2D eigenvalue weighted by Crippen LogP contribution is 2.21. The Kier molecular flexibility index (Phi) is 3.96. The molecular formula is C15H17FN4O. The molecule has 0 spiro atoms. The molecule has 1 aromatic heterocycles. The molecule has 1 aliphatic rings. The van der Waals surface area contributed by atoms with Crippen LogP contribution in [-0.2, 0) is 0 Å². The molecule has 1 atom stereocenters. The molecular weight excluding hydrogens is 271 g/mol. The Labute approximate surface area is 121 Å². The molecule has 0 saturated carbocycles. The summed E-state index contributed by atoms with van der Waals surface area (Å²) in [6.45, 7) is 1.79. The predicted molar refractivity (Wildman–Crippen MR) is 77.3 cm³/mol. The number of hydrogen-bond donors (Lipinski definition) is 3. The second-order valence-corrected chi connectivity index (χ2v) is 5.18. The van der Waals surface area contributed by atoms with Crippen LogP contribution in [0.25, 0.3) is 11.3 Å². The minimum atomic E-state index is -0.308. The Morgan fingerprint density at radius 3 is 2.86 bits per heavy atom. The van der Waals surface area contributed by atoms with Gasteiger partial charge >= 0.3 is 0 Å². The van der Waals surface area contributed by atoms with Crippen molar-refractivity contribution in [1.29, 1.82) is 0 Å². The summed E-state index contributed by atoms with van der Waals surface area (Å²) >= 11 is 0. The molecule has 0 bridgehead atoms. The normalized spacial score (nSPS) is 18.4. The van der Waals surface area contributed by atoms with E-state index in [0.29, 0.717) is 11.3 Å². The third-order valence-electron chi connectivity index (χ3n) is 3.65. The molecule has 5 nitrogen and oxygen atoms in total. The number of benzene rings is 1. The second-order valence-electron chi connectivity index (χ2n) is 5.18. The summed E-state index contributed by atoms with van der Waals surface area (Å²) in [4.78, 5) is 12.4. The van der Waals surface area contributed by atoms with Crippen LogP contribution in [0, 0.1) is 5.82 Å². The van der Waals surface area contributed by atoms with E-state index in [2.05, 4.69) is 20.8 Å². The maximum atomic E-state index is 13.0. The number of halogens is 1. The molecule has 3 N–H and O–H groups in total. The summed E-state index contributed by atoms with van der Waals surface area (Å²) in [7, 11) is 0. The van der Waals surface area contributed by atoms with Crippen LogP contribution in [0.5, 0.6) is 0 Å². The van der Waals surface area contributed by atoms with Gasteiger partial charge in [-0.2, -0.15) is 5.10 Å². The highest BCUT2D eigenvalue weighted by molar-refractivity contribution is 5.99. The molecule has 2 heterocycles. The Morgan fingerprint density at radius 2 is 2.14 bits per heavy atom. The van der Waals surface area contributed by atoms with E-state index >= 15 is 0 Å². The van der Waals surface area contributed by atoms with E-state index in [1.54, 1.807) is 12.1 Å². The van der Waals surface area contributed by atoms with Gasteiger partial charge in [-0.15, -0.1) is 0 Å². The number of carbonyl (C=O) groups is 1. The van der Waals surface area contributed by atoms with Crippen molar-refractivity contribution in [3.05, 3.63) is 41.8 Å². The lowest BCUT2D eigenvalue weighted by Crippen LogP contribution is -2.45. The van der Waals surface area contributed by atoms with Crippen molar-refractivity contribution in [1.82, 2.24) is 20.8 Å². The van der Waals surface area contributed by atoms with Crippen LogP contribution in [0.3, 0.4) is 0 Å². The quantitative estimate of drug-likeness (QED) is 0.805. The number of amides is 1. The molecule has 1 aromatic carbocycles. The van der Waals surface area contributed by atoms with Crippen molar-refractivity contribution in [2.75, 3.05) is 13.1 Å². The maximum Gasteiger partial charge on any atom is 0.255 e. The van der Waals surface area contributed by atoms with E-state index in [1.165, 1.54) is 18.3 Å². The topological polar surface area (TPSA) is 69.8 Å². The molecule has 0 radical (unpaired) electrons. The minimum Gasteiger partial charge on any atom is -0.348 e. The van der Waals surface area contributed by atoms with E-state index in [9.17, 15) is 9.18 Å². The van der Waals surface area contributed by atoms with Crippen LogP contribution < -0.4 is 10.6 Å². The Hall–Kier alpha value is -2.21. The standard InChI is InChI=1S/C15H17FN4O/c16-11-5-3-10(4-6-11)14-13(9-18-20-14)15(21)19-12-2-1-7-17-8-12/h3-6,9,12,17H,1-2,7-8H2,(H,18,20)(H,19,21). The highest BCUT2D eigenvalue weighted by Gasteiger charge is 2.20. The lowest BCUT2D eigenvalue weighted by molar-refractivity contribution is 0.0931. The first kappa shape index (κ1) is 13.8. The number of nitrogens with zero attached hydrogens (tertiary/aromatic N) is 1. The predicted octanol–water partition coefficient (Wildman–Crippen LogP) is 1.70. The maximum absolute atomic E-state index is 13.0. The summed E-state index contributed by atoms with van der Waals surface area (Å²) in [5.74, 6) is -0.464. The van der Waals surface area contributed by atoms with Gasteiger partial charge in [-0.25, -0.2) is 4.39 Å². The number of rotatable bonds is 3. The van der Waals surface area contributed by atoms with Gasteiger partial charge < -0.3 is 10.6 Å². The van der Waals surface area contributed by atoms with Crippen LogP contribution in [0.4, 0.5) is 4.39 Å². The first-order valence-electron chi connectivity index (χ1n) is 7.05. The van der Waals surface area contributed by atoms with Crippen molar-refractivity contribution in [3.8, 4) is 11.3 Å². The number of hydrogen-bond acceptors (Lipinski definition) is 3. The summed E-state index contributed by atoms with van der Waals surface area (Å²) < 4.78 is 13.0. The molecule has 21 heavy (non-hydrogen) atoms. The smallest absolute Gasteiger partial charge is 0.255 e. The summed E-state index contributed by atoms with van der Waals surface area (Å²) in [6, 6.07) is 6.12. The fourth-order valence-electron chi connectivity index (χ4n) is 2.53. The summed E-state index contributed by atoms with van der Waals surface area (Å²) in [5, 5.41) is 13.0. The van der Waals surface area contributed by atoms with Gasteiger partial charge in [-0.1, -0.05) is 0 Å². The van der Waals surface area contributed by atoms with Crippen LogP contribution >= 0.6 is 0 Å². The number of H-pyrrole nitrogens is 1. The van der Waals surface area contributed by atoms with Gasteiger partial charge in [0.25, 0.3) is 5.91 Å². The molecule has 1 unspecified atom stereocenters. The molecule has 1 amide bonds. The first-order valence-corrected chi connectivity index (χ1v) is 7.05. The number of piperidine rings is 1. The highest BCUT2D eigenvalue weighted by atomic mass is 19.1. The van der Waals surface area contributed by atoms with Gasteiger partial charge in [0.05, 0.1) is 17.5 Å². The third-order valence-corrected chi connectivity index (χ3v) is 3.65. The second kappa shape index (κ2) is 6.05. The molecule has 1 saturated heterocycles. The van der Waals surface area contributed by atoms with Crippen LogP contribution in [0.1, 0.15) is 23.2 Å². The lowest BCUT2D eigenvalue weighted by Gasteiger charge is -2.23. The number of carbonyl (C=O) groups excluding carboxylic acids is 1. The largest absolute Gasteiger partial charge is 0.348 e. The number of aromatic nitrogens is 2. The Bertz CT molecular complexity index is 617. The summed E-state index contributed by atoms with van der Waals surface area (Å²) in [6.07, 6.45) is 3.54.